The molecule has 9 heteroatoms. The molecule has 162 valence electrons. The van der Waals surface area contributed by atoms with Crippen LogP contribution >= 0.6 is 0 Å². The van der Waals surface area contributed by atoms with Crippen molar-refractivity contribution >= 4 is 35.8 Å². The molecule has 30 heavy (non-hydrogen) atoms. The molecule has 4 amide bonds. The molecule has 0 aromatic heterocycles. The maximum absolute atomic E-state index is 13.1. The van der Waals surface area contributed by atoms with E-state index in [4.69, 9.17) is 4.74 Å². The van der Waals surface area contributed by atoms with Gasteiger partial charge in [-0.05, 0) is 45.7 Å². The van der Waals surface area contributed by atoms with Gasteiger partial charge in [-0.3, -0.25) is 34.2 Å². The smallest absolute Gasteiger partial charge is 0.308 e. The van der Waals surface area contributed by atoms with Crippen molar-refractivity contribution in [3.63, 3.8) is 0 Å². The molecular formula is C21H27N3O6. The van der Waals surface area contributed by atoms with Gasteiger partial charge in [0.15, 0.2) is 0 Å². The number of hydrogen-bond donors (Lipinski definition) is 2. The first-order valence-corrected chi connectivity index (χ1v) is 9.70. The average molecular weight is 417 g/mol. The van der Waals surface area contributed by atoms with Crippen LogP contribution in [0.25, 0.3) is 0 Å². The molecule has 1 saturated heterocycles. The molecule has 1 fully saturated rings. The third kappa shape index (κ3) is 5.88. The standard InChI is InChI=1S/C21H27N3O6/c1-13-6-5-7-14(22-11-10-17(27)30-21(2,3)4)18(13)20(29)24(12-25)15-8-9-16(26)23-19(15)28/h5-7,12,15,22H,8-11H2,1-4H3,(H,23,26,28). The SMILES string of the molecule is Cc1cccc(NCCC(=O)OC(C)(C)C)c1C(=O)N(C=O)C1CCC(=O)NC1=O. The van der Waals surface area contributed by atoms with Crippen molar-refractivity contribution in [2.45, 2.75) is 58.6 Å². The highest BCUT2D eigenvalue weighted by molar-refractivity contribution is 6.09. The summed E-state index contributed by atoms with van der Waals surface area (Å²) in [6.45, 7) is 7.26. The second-order valence-corrected chi connectivity index (χ2v) is 8.05. The first kappa shape index (κ1) is 23.1. The lowest BCUT2D eigenvalue weighted by atomic mass is 10.0. The lowest BCUT2D eigenvalue weighted by Crippen LogP contribution is -2.54. The van der Waals surface area contributed by atoms with E-state index in [0.717, 1.165) is 4.90 Å². The highest BCUT2D eigenvalue weighted by Gasteiger charge is 2.35. The van der Waals surface area contributed by atoms with Gasteiger partial charge in [-0.25, -0.2) is 0 Å². The number of ether oxygens (including phenoxy) is 1. The van der Waals surface area contributed by atoms with Crippen LogP contribution in [0, 0.1) is 6.92 Å². The van der Waals surface area contributed by atoms with Crippen molar-refractivity contribution in [3.05, 3.63) is 29.3 Å². The molecule has 0 bridgehead atoms. The lowest BCUT2D eigenvalue weighted by Gasteiger charge is -2.29. The Morgan fingerprint density at radius 2 is 2.00 bits per heavy atom. The maximum atomic E-state index is 13.1. The lowest BCUT2D eigenvalue weighted by molar-refractivity contribution is -0.154. The Hall–Kier alpha value is -3.23. The number of carbonyl (C=O) groups is 5. The second kappa shape index (κ2) is 9.51. The highest BCUT2D eigenvalue weighted by atomic mass is 16.6. The molecule has 2 rings (SSSR count). The van der Waals surface area contributed by atoms with Gasteiger partial charge in [0.25, 0.3) is 5.91 Å². The molecule has 1 atom stereocenters. The number of amides is 4. The number of benzene rings is 1. The van der Waals surface area contributed by atoms with Gasteiger partial charge in [0.2, 0.25) is 18.2 Å². The van der Waals surface area contributed by atoms with Gasteiger partial charge in [0.1, 0.15) is 11.6 Å². The number of carbonyl (C=O) groups excluding carboxylic acids is 5. The first-order chi connectivity index (χ1) is 14.0. The normalized spacial score (nSPS) is 16.5. The van der Waals surface area contributed by atoms with Crippen molar-refractivity contribution < 1.29 is 28.7 Å². The van der Waals surface area contributed by atoms with Crippen LogP contribution in [-0.2, 0) is 23.9 Å². The number of hydrogen-bond acceptors (Lipinski definition) is 7. The van der Waals surface area contributed by atoms with E-state index in [0.29, 0.717) is 17.7 Å². The summed E-state index contributed by atoms with van der Waals surface area (Å²) in [7, 11) is 0. The maximum Gasteiger partial charge on any atom is 0.308 e. The Morgan fingerprint density at radius 1 is 1.30 bits per heavy atom. The van der Waals surface area contributed by atoms with E-state index < -0.39 is 29.4 Å². The molecule has 1 heterocycles. The number of nitrogens with zero attached hydrogens (tertiary/aromatic N) is 1. The van der Waals surface area contributed by atoms with Crippen LogP contribution in [0.3, 0.4) is 0 Å². The van der Waals surface area contributed by atoms with E-state index in [9.17, 15) is 24.0 Å². The minimum atomic E-state index is -1.05. The van der Waals surface area contributed by atoms with Crippen molar-refractivity contribution in [1.29, 1.82) is 0 Å². The molecule has 0 saturated carbocycles. The molecule has 0 radical (unpaired) electrons. The predicted molar refractivity (Wildman–Crippen MR) is 109 cm³/mol. The Balaban J connectivity index is 2.17. The highest BCUT2D eigenvalue weighted by Crippen LogP contribution is 2.24. The summed E-state index contributed by atoms with van der Waals surface area (Å²) in [4.78, 5) is 61.0. The molecule has 1 aromatic carbocycles. The number of anilines is 1. The van der Waals surface area contributed by atoms with Crippen molar-refractivity contribution in [3.8, 4) is 0 Å². The Labute approximate surface area is 175 Å². The van der Waals surface area contributed by atoms with Gasteiger partial charge < -0.3 is 10.1 Å². The van der Waals surface area contributed by atoms with Crippen LogP contribution in [-0.4, -0.2) is 53.2 Å². The molecule has 2 N–H and O–H groups in total. The van der Waals surface area contributed by atoms with E-state index in [2.05, 4.69) is 10.6 Å². The topological polar surface area (TPSA) is 122 Å². The summed E-state index contributed by atoms with van der Waals surface area (Å²) in [6.07, 6.45) is 0.508. The fourth-order valence-corrected chi connectivity index (χ4v) is 3.13. The zero-order valence-corrected chi connectivity index (χ0v) is 17.6. The fourth-order valence-electron chi connectivity index (χ4n) is 3.13. The summed E-state index contributed by atoms with van der Waals surface area (Å²) in [5.74, 6) is -2.15. The van der Waals surface area contributed by atoms with Gasteiger partial charge in [-0.15, -0.1) is 0 Å². The number of nitrogens with one attached hydrogen (secondary N) is 2. The van der Waals surface area contributed by atoms with Crippen molar-refractivity contribution in [1.82, 2.24) is 10.2 Å². The summed E-state index contributed by atoms with van der Waals surface area (Å²) >= 11 is 0. The molecular weight excluding hydrogens is 390 g/mol. The summed E-state index contributed by atoms with van der Waals surface area (Å²) in [5, 5.41) is 5.18. The summed E-state index contributed by atoms with van der Waals surface area (Å²) in [5.41, 5.74) is 0.663. The van der Waals surface area contributed by atoms with Gasteiger partial charge in [0, 0.05) is 18.7 Å². The van der Waals surface area contributed by atoms with Gasteiger partial charge in [-0.2, -0.15) is 0 Å². The first-order valence-electron chi connectivity index (χ1n) is 9.70. The van der Waals surface area contributed by atoms with E-state index in [1.54, 1.807) is 45.9 Å². The fraction of sp³-hybridized carbons (Fsp3) is 0.476. The molecule has 0 aliphatic carbocycles. The minimum Gasteiger partial charge on any atom is -0.460 e. The van der Waals surface area contributed by atoms with Gasteiger partial charge in [-0.1, -0.05) is 12.1 Å². The van der Waals surface area contributed by atoms with E-state index in [1.165, 1.54) is 0 Å². The van der Waals surface area contributed by atoms with Crippen LogP contribution in [0.15, 0.2) is 18.2 Å². The Kier molecular flexibility index (Phi) is 7.31. The van der Waals surface area contributed by atoms with Gasteiger partial charge in [0.05, 0.1) is 12.0 Å². The second-order valence-electron chi connectivity index (χ2n) is 8.05. The molecule has 1 aliphatic rings. The largest absolute Gasteiger partial charge is 0.460 e. The van der Waals surface area contributed by atoms with E-state index in [1.807, 2.05) is 0 Å². The summed E-state index contributed by atoms with van der Waals surface area (Å²) in [6, 6.07) is 4.05. The van der Waals surface area contributed by atoms with Crippen molar-refractivity contribution in [2.24, 2.45) is 0 Å². The summed E-state index contributed by atoms with van der Waals surface area (Å²) < 4.78 is 5.26. The van der Waals surface area contributed by atoms with Crippen LogP contribution in [0.4, 0.5) is 5.69 Å². The monoisotopic (exact) mass is 417 g/mol. The minimum absolute atomic E-state index is 0.0444. The zero-order valence-electron chi connectivity index (χ0n) is 17.6. The van der Waals surface area contributed by atoms with Crippen LogP contribution < -0.4 is 10.6 Å². The zero-order chi connectivity index (χ0) is 22.5. The number of rotatable bonds is 7. The number of piperidine rings is 1. The van der Waals surface area contributed by atoms with Crippen LogP contribution in [0.2, 0.25) is 0 Å². The third-order valence-corrected chi connectivity index (χ3v) is 4.45. The quantitative estimate of drug-likeness (QED) is 0.392. The Morgan fingerprint density at radius 3 is 2.60 bits per heavy atom. The van der Waals surface area contributed by atoms with Gasteiger partial charge >= 0.3 is 5.97 Å². The van der Waals surface area contributed by atoms with Crippen LogP contribution in [0.1, 0.15) is 56.0 Å². The molecule has 1 aliphatic heterocycles. The number of aryl methyl sites for hydroxylation is 1. The molecule has 1 aromatic rings. The molecule has 1 unspecified atom stereocenters. The molecule has 0 spiro atoms. The Bertz CT molecular complexity index is 859. The average Bonchev–Trinajstić information content (AvgIpc) is 2.62. The molecule has 9 nitrogen and oxygen atoms in total. The van der Waals surface area contributed by atoms with Crippen molar-refractivity contribution in [2.75, 3.05) is 11.9 Å². The predicted octanol–water partition coefficient (Wildman–Crippen LogP) is 1.54. The number of esters is 1. The van der Waals surface area contributed by atoms with Crippen LogP contribution in [0.5, 0.6) is 0 Å². The third-order valence-electron chi connectivity index (χ3n) is 4.45. The van der Waals surface area contributed by atoms with E-state index in [-0.39, 0.29) is 37.3 Å². The number of imide groups is 2. The van der Waals surface area contributed by atoms with E-state index >= 15 is 0 Å².